The Balaban J connectivity index is 2.59. The maximum atomic E-state index is 12.1. The van der Waals surface area contributed by atoms with Gasteiger partial charge in [-0.1, -0.05) is 44.2 Å². The summed E-state index contributed by atoms with van der Waals surface area (Å²) >= 11 is 0. The number of esters is 1. The van der Waals surface area contributed by atoms with Crippen LogP contribution in [0.3, 0.4) is 0 Å². The van der Waals surface area contributed by atoms with E-state index in [1.54, 1.807) is 13.8 Å². The lowest BCUT2D eigenvalue weighted by atomic mass is 10.0. The smallest absolute Gasteiger partial charge is 0.329 e. The van der Waals surface area contributed by atoms with Gasteiger partial charge >= 0.3 is 5.97 Å². The minimum Gasteiger partial charge on any atom is -0.459 e. The molecule has 0 aliphatic rings. The molecule has 21 heavy (non-hydrogen) atoms. The number of aliphatic hydroxyl groups is 1. The van der Waals surface area contributed by atoms with Crippen LogP contribution < -0.4 is 11.1 Å². The molecule has 0 unspecified atom stereocenters. The zero-order chi connectivity index (χ0) is 15.8. The molecule has 6 nitrogen and oxygen atoms in total. The van der Waals surface area contributed by atoms with E-state index in [0.29, 0.717) is 0 Å². The average molecular weight is 294 g/mol. The predicted octanol–water partition coefficient (Wildman–Crippen LogP) is 0.190. The highest BCUT2D eigenvalue weighted by molar-refractivity contribution is 5.87. The highest BCUT2D eigenvalue weighted by atomic mass is 16.5. The number of hydrogen-bond donors (Lipinski definition) is 3. The fraction of sp³-hybridized carbons (Fsp3) is 0.467. The molecular formula is C15H22N2O4. The van der Waals surface area contributed by atoms with Crippen LogP contribution in [0.4, 0.5) is 0 Å². The van der Waals surface area contributed by atoms with Crippen LogP contribution in [0, 0.1) is 5.92 Å². The number of amides is 1. The summed E-state index contributed by atoms with van der Waals surface area (Å²) in [6.07, 6.45) is 0. The standard InChI is InChI=1S/C15H22N2O4/c1-10(2)13(17-14(19)12(16)8-18)15(20)21-9-11-6-4-3-5-7-11/h3-7,10,12-13,18H,8-9,16H2,1-2H3,(H,17,19)/t12-,13-/m0/s1. The molecule has 0 saturated carbocycles. The van der Waals surface area contributed by atoms with Crippen molar-refractivity contribution >= 4 is 11.9 Å². The number of ether oxygens (including phenoxy) is 1. The number of carbonyl (C=O) groups excluding carboxylic acids is 2. The molecule has 2 atom stereocenters. The molecule has 0 fully saturated rings. The van der Waals surface area contributed by atoms with Gasteiger partial charge in [-0.15, -0.1) is 0 Å². The van der Waals surface area contributed by atoms with Crippen molar-refractivity contribution in [1.29, 1.82) is 0 Å². The zero-order valence-electron chi connectivity index (χ0n) is 12.3. The van der Waals surface area contributed by atoms with Gasteiger partial charge in [0.1, 0.15) is 18.7 Å². The third-order valence-electron chi connectivity index (χ3n) is 2.98. The van der Waals surface area contributed by atoms with Gasteiger partial charge in [-0.05, 0) is 11.5 Å². The van der Waals surface area contributed by atoms with E-state index in [0.717, 1.165) is 5.56 Å². The zero-order valence-corrected chi connectivity index (χ0v) is 12.3. The third-order valence-corrected chi connectivity index (χ3v) is 2.98. The van der Waals surface area contributed by atoms with E-state index in [1.807, 2.05) is 30.3 Å². The Morgan fingerprint density at radius 1 is 1.29 bits per heavy atom. The molecule has 0 aliphatic carbocycles. The third kappa shape index (κ3) is 5.53. The average Bonchev–Trinajstić information content (AvgIpc) is 2.49. The van der Waals surface area contributed by atoms with E-state index in [-0.39, 0.29) is 12.5 Å². The van der Waals surface area contributed by atoms with Gasteiger partial charge in [-0.25, -0.2) is 4.79 Å². The fourth-order valence-electron chi connectivity index (χ4n) is 1.66. The first-order valence-corrected chi connectivity index (χ1v) is 6.83. The van der Waals surface area contributed by atoms with E-state index in [4.69, 9.17) is 15.6 Å². The Kier molecular flexibility index (Phi) is 6.84. The SMILES string of the molecule is CC(C)[C@H](NC(=O)[C@@H](N)CO)C(=O)OCc1ccccc1. The second-order valence-electron chi connectivity index (χ2n) is 5.11. The number of hydrogen-bond acceptors (Lipinski definition) is 5. The summed E-state index contributed by atoms with van der Waals surface area (Å²) in [5.41, 5.74) is 6.28. The summed E-state index contributed by atoms with van der Waals surface area (Å²) < 4.78 is 5.21. The van der Waals surface area contributed by atoms with Crippen LogP contribution in [0.25, 0.3) is 0 Å². The second-order valence-corrected chi connectivity index (χ2v) is 5.11. The minimum absolute atomic E-state index is 0.144. The van der Waals surface area contributed by atoms with E-state index in [1.165, 1.54) is 0 Å². The number of benzene rings is 1. The van der Waals surface area contributed by atoms with Crippen molar-refractivity contribution in [2.75, 3.05) is 6.61 Å². The van der Waals surface area contributed by atoms with E-state index < -0.39 is 30.6 Å². The van der Waals surface area contributed by atoms with Crippen LogP contribution in [0.15, 0.2) is 30.3 Å². The van der Waals surface area contributed by atoms with E-state index in [9.17, 15) is 9.59 Å². The molecular weight excluding hydrogens is 272 g/mol. The Morgan fingerprint density at radius 2 is 1.90 bits per heavy atom. The Labute approximate surface area is 124 Å². The largest absolute Gasteiger partial charge is 0.459 e. The maximum absolute atomic E-state index is 12.1. The highest BCUT2D eigenvalue weighted by Crippen LogP contribution is 2.07. The van der Waals surface area contributed by atoms with Gasteiger partial charge in [-0.3, -0.25) is 4.79 Å². The fourth-order valence-corrected chi connectivity index (χ4v) is 1.66. The molecule has 0 saturated heterocycles. The lowest BCUT2D eigenvalue weighted by molar-refractivity contribution is -0.150. The van der Waals surface area contributed by atoms with E-state index >= 15 is 0 Å². The molecule has 1 aromatic rings. The lowest BCUT2D eigenvalue weighted by Crippen LogP contribution is -2.52. The van der Waals surface area contributed by atoms with Crippen LogP contribution in [0.1, 0.15) is 19.4 Å². The number of nitrogens with one attached hydrogen (secondary N) is 1. The molecule has 0 spiro atoms. The Bertz CT molecular complexity index is 462. The van der Waals surface area contributed by atoms with Crippen LogP contribution >= 0.6 is 0 Å². The summed E-state index contributed by atoms with van der Waals surface area (Å²) in [5.74, 6) is -1.25. The molecule has 0 aliphatic heterocycles. The number of rotatable bonds is 7. The van der Waals surface area contributed by atoms with Crippen LogP contribution in [-0.2, 0) is 20.9 Å². The second kappa shape index (κ2) is 8.39. The summed E-state index contributed by atoms with van der Waals surface area (Å²) in [5, 5.41) is 11.4. The van der Waals surface area contributed by atoms with Crippen molar-refractivity contribution in [3.63, 3.8) is 0 Å². The van der Waals surface area contributed by atoms with Crippen molar-refractivity contribution in [2.24, 2.45) is 11.7 Å². The molecule has 6 heteroatoms. The van der Waals surface area contributed by atoms with Gasteiger partial charge in [0.15, 0.2) is 0 Å². The van der Waals surface area contributed by atoms with Crippen molar-refractivity contribution in [2.45, 2.75) is 32.5 Å². The summed E-state index contributed by atoms with van der Waals surface area (Å²) in [6, 6.07) is 7.43. The van der Waals surface area contributed by atoms with Crippen molar-refractivity contribution in [3.05, 3.63) is 35.9 Å². The molecule has 0 aromatic heterocycles. The maximum Gasteiger partial charge on any atom is 0.329 e. The van der Waals surface area contributed by atoms with Gasteiger partial charge in [0, 0.05) is 0 Å². The van der Waals surface area contributed by atoms with Gasteiger partial charge < -0.3 is 20.9 Å². The summed E-state index contributed by atoms with van der Waals surface area (Å²) in [7, 11) is 0. The Hall–Kier alpha value is -1.92. The first-order chi connectivity index (χ1) is 9.95. The van der Waals surface area contributed by atoms with Gasteiger partial charge in [0.25, 0.3) is 0 Å². The van der Waals surface area contributed by atoms with Crippen LogP contribution in [0.2, 0.25) is 0 Å². The first-order valence-electron chi connectivity index (χ1n) is 6.83. The topological polar surface area (TPSA) is 102 Å². The van der Waals surface area contributed by atoms with Crippen LogP contribution in [0.5, 0.6) is 0 Å². The van der Waals surface area contributed by atoms with Gasteiger partial charge in [0.05, 0.1) is 6.61 Å². The highest BCUT2D eigenvalue weighted by Gasteiger charge is 2.27. The monoisotopic (exact) mass is 294 g/mol. The lowest BCUT2D eigenvalue weighted by Gasteiger charge is -2.22. The molecule has 116 valence electrons. The first kappa shape index (κ1) is 17.1. The molecule has 0 radical (unpaired) electrons. The van der Waals surface area contributed by atoms with E-state index in [2.05, 4.69) is 5.32 Å². The summed E-state index contributed by atoms with van der Waals surface area (Å²) in [4.78, 5) is 23.7. The number of nitrogens with two attached hydrogens (primary N) is 1. The molecule has 1 rings (SSSR count). The van der Waals surface area contributed by atoms with Crippen molar-refractivity contribution in [1.82, 2.24) is 5.32 Å². The summed E-state index contributed by atoms with van der Waals surface area (Å²) in [6.45, 7) is 3.25. The van der Waals surface area contributed by atoms with Crippen molar-refractivity contribution in [3.8, 4) is 0 Å². The normalized spacial score (nSPS) is 13.6. The van der Waals surface area contributed by atoms with Crippen LogP contribution in [-0.4, -0.2) is 35.7 Å². The number of aliphatic hydroxyl groups excluding tert-OH is 1. The molecule has 1 amide bonds. The van der Waals surface area contributed by atoms with Gasteiger partial charge in [-0.2, -0.15) is 0 Å². The quantitative estimate of drug-likeness (QED) is 0.623. The molecule has 1 aromatic carbocycles. The number of carbonyl (C=O) groups is 2. The molecule has 0 bridgehead atoms. The van der Waals surface area contributed by atoms with Crippen molar-refractivity contribution < 1.29 is 19.4 Å². The van der Waals surface area contributed by atoms with Gasteiger partial charge in [0.2, 0.25) is 5.91 Å². The molecule has 4 N–H and O–H groups in total. The predicted molar refractivity (Wildman–Crippen MR) is 78.1 cm³/mol. The Morgan fingerprint density at radius 3 is 2.43 bits per heavy atom. The minimum atomic E-state index is -1.05. The molecule has 0 heterocycles.